The first kappa shape index (κ1) is 13.0. The Morgan fingerprint density at radius 1 is 1.21 bits per heavy atom. The number of hydrazone groups is 1. The molecule has 0 atom stereocenters. The van der Waals surface area contributed by atoms with Crippen molar-refractivity contribution < 1.29 is 4.92 Å². The van der Waals surface area contributed by atoms with Crippen molar-refractivity contribution in [3.05, 3.63) is 69.2 Å². The van der Waals surface area contributed by atoms with E-state index in [0.29, 0.717) is 5.56 Å². The topological polar surface area (TPSA) is 67.5 Å². The lowest BCUT2D eigenvalue weighted by molar-refractivity contribution is -0.384. The number of halogens is 1. The summed E-state index contributed by atoms with van der Waals surface area (Å²) in [5, 5.41) is 14.8. The van der Waals surface area contributed by atoms with Crippen molar-refractivity contribution in [2.24, 2.45) is 5.10 Å². The molecule has 0 fully saturated rings. The molecular weight excluding hydrogens is 266 g/mol. The Morgan fingerprint density at radius 2 is 1.95 bits per heavy atom. The van der Waals surface area contributed by atoms with E-state index in [1.54, 1.807) is 6.07 Å². The summed E-state index contributed by atoms with van der Waals surface area (Å²) < 4.78 is 0. The largest absolute Gasteiger partial charge is 0.288 e. The van der Waals surface area contributed by atoms with Gasteiger partial charge in [0.05, 0.1) is 16.8 Å². The van der Waals surface area contributed by atoms with E-state index in [1.807, 2.05) is 30.3 Å². The van der Waals surface area contributed by atoms with Crippen molar-refractivity contribution in [1.29, 1.82) is 0 Å². The molecule has 0 aromatic heterocycles. The molecule has 2 aromatic rings. The quantitative estimate of drug-likeness (QED) is 0.525. The van der Waals surface area contributed by atoms with Crippen LogP contribution in [0.25, 0.3) is 0 Å². The minimum atomic E-state index is -0.524. The van der Waals surface area contributed by atoms with Crippen molar-refractivity contribution in [1.82, 2.24) is 0 Å². The number of nitro groups is 1. The van der Waals surface area contributed by atoms with Gasteiger partial charge in [0, 0.05) is 11.6 Å². The zero-order valence-electron chi connectivity index (χ0n) is 9.79. The van der Waals surface area contributed by atoms with Gasteiger partial charge in [-0.15, -0.1) is 0 Å². The van der Waals surface area contributed by atoms with Crippen LogP contribution in [0.4, 0.5) is 11.4 Å². The van der Waals surface area contributed by atoms with Gasteiger partial charge in [-0.2, -0.15) is 5.10 Å². The first-order valence-electron chi connectivity index (χ1n) is 5.45. The fourth-order valence-electron chi connectivity index (χ4n) is 1.44. The minimum Gasteiger partial charge on any atom is -0.279 e. The van der Waals surface area contributed by atoms with Gasteiger partial charge < -0.3 is 0 Å². The number of nitrogens with zero attached hydrogens (tertiary/aromatic N) is 2. The third-order valence-corrected chi connectivity index (χ3v) is 2.67. The van der Waals surface area contributed by atoms with Gasteiger partial charge in [-0.05, 0) is 18.2 Å². The first-order valence-corrected chi connectivity index (χ1v) is 5.82. The van der Waals surface area contributed by atoms with Crippen molar-refractivity contribution in [3.8, 4) is 0 Å². The van der Waals surface area contributed by atoms with Gasteiger partial charge in [0.2, 0.25) is 0 Å². The highest BCUT2D eigenvalue weighted by molar-refractivity contribution is 6.32. The number of anilines is 1. The second-order valence-electron chi connectivity index (χ2n) is 3.70. The molecule has 0 saturated heterocycles. The predicted octanol–water partition coefficient (Wildman–Crippen LogP) is 3.69. The molecule has 0 aliphatic heterocycles. The highest BCUT2D eigenvalue weighted by Gasteiger charge is 2.11. The first-order chi connectivity index (χ1) is 9.16. The zero-order valence-corrected chi connectivity index (χ0v) is 10.5. The molecule has 0 saturated carbocycles. The van der Waals surface area contributed by atoms with Gasteiger partial charge in [0.15, 0.2) is 0 Å². The highest BCUT2D eigenvalue weighted by atomic mass is 35.5. The van der Waals surface area contributed by atoms with E-state index in [0.717, 1.165) is 5.69 Å². The second kappa shape index (κ2) is 5.97. The van der Waals surface area contributed by atoms with Crippen molar-refractivity contribution in [2.45, 2.75) is 0 Å². The molecule has 2 aromatic carbocycles. The van der Waals surface area contributed by atoms with Gasteiger partial charge in [0.1, 0.15) is 5.02 Å². The third kappa shape index (κ3) is 3.53. The Labute approximate surface area is 114 Å². The lowest BCUT2D eigenvalue weighted by Gasteiger charge is -1.99. The SMILES string of the molecule is O=[N+]([O-])c1cc(/C=N\Nc2ccccc2)ccc1Cl. The molecular formula is C13H10ClN3O2. The van der Waals surface area contributed by atoms with E-state index in [-0.39, 0.29) is 10.7 Å². The van der Waals surface area contributed by atoms with E-state index in [9.17, 15) is 10.1 Å². The van der Waals surface area contributed by atoms with Crippen LogP contribution in [-0.4, -0.2) is 11.1 Å². The van der Waals surface area contributed by atoms with Crippen molar-refractivity contribution >= 4 is 29.2 Å². The van der Waals surface area contributed by atoms with Crippen molar-refractivity contribution in [3.63, 3.8) is 0 Å². The van der Waals surface area contributed by atoms with Crippen LogP contribution >= 0.6 is 11.6 Å². The highest BCUT2D eigenvalue weighted by Crippen LogP contribution is 2.24. The number of nitrogens with one attached hydrogen (secondary N) is 1. The fraction of sp³-hybridized carbons (Fsp3) is 0. The monoisotopic (exact) mass is 275 g/mol. The van der Waals surface area contributed by atoms with Crippen LogP contribution < -0.4 is 5.43 Å². The maximum Gasteiger partial charge on any atom is 0.288 e. The molecule has 6 heteroatoms. The van der Waals surface area contributed by atoms with Crippen LogP contribution in [0, 0.1) is 10.1 Å². The smallest absolute Gasteiger partial charge is 0.279 e. The molecule has 0 amide bonds. The summed E-state index contributed by atoms with van der Waals surface area (Å²) >= 11 is 5.72. The lowest BCUT2D eigenvalue weighted by Crippen LogP contribution is -1.93. The Hall–Kier alpha value is -2.40. The molecule has 0 bridgehead atoms. The van der Waals surface area contributed by atoms with E-state index in [4.69, 9.17) is 11.6 Å². The van der Waals surface area contributed by atoms with Gasteiger partial charge in [-0.1, -0.05) is 35.9 Å². The summed E-state index contributed by atoms with van der Waals surface area (Å²) in [6.45, 7) is 0. The maximum atomic E-state index is 10.7. The lowest BCUT2D eigenvalue weighted by atomic mass is 10.2. The molecule has 5 nitrogen and oxygen atoms in total. The molecule has 2 rings (SSSR count). The van der Waals surface area contributed by atoms with E-state index >= 15 is 0 Å². The molecule has 0 spiro atoms. The van der Waals surface area contributed by atoms with Crippen LogP contribution in [0.2, 0.25) is 5.02 Å². The van der Waals surface area contributed by atoms with Crippen LogP contribution in [0.3, 0.4) is 0 Å². The zero-order chi connectivity index (χ0) is 13.7. The number of para-hydroxylation sites is 1. The summed E-state index contributed by atoms with van der Waals surface area (Å²) in [6, 6.07) is 13.9. The summed E-state index contributed by atoms with van der Waals surface area (Å²) in [5.74, 6) is 0. The number of hydrogen-bond acceptors (Lipinski definition) is 4. The average Bonchev–Trinajstić information content (AvgIpc) is 2.41. The summed E-state index contributed by atoms with van der Waals surface area (Å²) in [5.41, 5.74) is 4.12. The van der Waals surface area contributed by atoms with Gasteiger partial charge in [-0.3, -0.25) is 15.5 Å². The third-order valence-electron chi connectivity index (χ3n) is 2.35. The van der Waals surface area contributed by atoms with E-state index < -0.39 is 4.92 Å². The summed E-state index contributed by atoms with van der Waals surface area (Å²) in [4.78, 5) is 10.2. The standard InChI is InChI=1S/C13H10ClN3O2/c14-12-7-6-10(8-13(12)17(18)19)9-15-16-11-4-2-1-3-5-11/h1-9,16H/b15-9-. The molecule has 0 radical (unpaired) electrons. The van der Waals surface area contributed by atoms with Crippen molar-refractivity contribution in [2.75, 3.05) is 5.43 Å². The second-order valence-corrected chi connectivity index (χ2v) is 4.11. The predicted molar refractivity (Wildman–Crippen MR) is 75.8 cm³/mol. The number of benzene rings is 2. The van der Waals surface area contributed by atoms with Crippen LogP contribution in [0.5, 0.6) is 0 Å². The van der Waals surface area contributed by atoms with E-state index in [1.165, 1.54) is 18.3 Å². The molecule has 0 unspecified atom stereocenters. The van der Waals surface area contributed by atoms with Crippen LogP contribution in [0.1, 0.15) is 5.56 Å². The van der Waals surface area contributed by atoms with Gasteiger partial charge in [-0.25, -0.2) is 0 Å². The van der Waals surface area contributed by atoms with Crippen LogP contribution in [-0.2, 0) is 0 Å². The number of rotatable bonds is 4. The maximum absolute atomic E-state index is 10.7. The number of hydrogen-bond donors (Lipinski definition) is 1. The molecule has 96 valence electrons. The summed E-state index contributed by atoms with van der Waals surface area (Å²) in [7, 11) is 0. The number of nitro benzene ring substituents is 1. The Bertz CT molecular complexity index is 615. The van der Waals surface area contributed by atoms with Gasteiger partial charge in [0.25, 0.3) is 5.69 Å². The van der Waals surface area contributed by atoms with Gasteiger partial charge >= 0.3 is 0 Å². The molecule has 0 heterocycles. The molecule has 1 N–H and O–H groups in total. The average molecular weight is 276 g/mol. The normalized spacial score (nSPS) is 10.6. The van der Waals surface area contributed by atoms with E-state index in [2.05, 4.69) is 10.5 Å². The molecule has 0 aliphatic carbocycles. The Balaban J connectivity index is 2.11. The molecule has 0 aliphatic rings. The van der Waals surface area contributed by atoms with Crippen LogP contribution in [0.15, 0.2) is 53.6 Å². The minimum absolute atomic E-state index is 0.109. The summed E-state index contributed by atoms with van der Waals surface area (Å²) in [6.07, 6.45) is 1.50. The Morgan fingerprint density at radius 3 is 2.63 bits per heavy atom. The molecule has 19 heavy (non-hydrogen) atoms. The fourth-order valence-corrected chi connectivity index (χ4v) is 1.63. The Kier molecular flexibility index (Phi) is 4.10.